The van der Waals surface area contributed by atoms with E-state index in [2.05, 4.69) is 37.4 Å². The van der Waals surface area contributed by atoms with Crippen molar-refractivity contribution in [3.63, 3.8) is 0 Å². The molecule has 0 aliphatic rings. The third-order valence-electron chi connectivity index (χ3n) is 5.21. The Morgan fingerprint density at radius 3 is 2.41 bits per heavy atom. The molecule has 0 fully saturated rings. The fourth-order valence-electron chi connectivity index (χ4n) is 3.49. The number of amides is 1. The van der Waals surface area contributed by atoms with Gasteiger partial charge in [-0.2, -0.15) is 0 Å². The number of anilines is 1. The zero-order valence-electron chi connectivity index (χ0n) is 19.2. The van der Waals surface area contributed by atoms with Crippen molar-refractivity contribution >= 4 is 34.3 Å². The molecule has 0 bridgehead atoms. The Balaban J connectivity index is 1.86. The van der Waals surface area contributed by atoms with Gasteiger partial charge in [0, 0.05) is 17.0 Å². The Hall–Kier alpha value is -3.18. The maximum absolute atomic E-state index is 12.8. The van der Waals surface area contributed by atoms with E-state index in [1.807, 2.05) is 43.5 Å². The van der Waals surface area contributed by atoms with Gasteiger partial charge in [-0.25, -0.2) is 4.79 Å². The minimum Gasteiger partial charge on any atom is -0.462 e. The first-order valence-corrected chi connectivity index (χ1v) is 11.6. The molecule has 2 aromatic carbocycles. The minimum absolute atomic E-state index is 0.265. The molecule has 0 unspecified atom stereocenters. The number of hydrogen-bond donors (Lipinski definition) is 1. The standard InChI is InChI=1S/C27H29NO3S/c1-6-31-27(30)25-23(22-13-7-18(4)15-19(22)5)16-32-26(25)28-24(29)14-10-20-8-11-21(12-9-20)17(2)3/h7-17H,6H2,1-5H3,(H,28,29)/b14-10+. The van der Waals surface area contributed by atoms with E-state index in [0.717, 1.165) is 27.8 Å². The summed E-state index contributed by atoms with van der Waals surface area (Å²) in [5.74, 6) is -0.271. The summed E-state index contributed by atoms with van der Waals surface area (Å²) in [7, 11) is 0. The topological polar surface area (TPSA) is 55.4 Å². The van der Waals surface area contributed by atoms with E-state index in [0.29, 0.717) is 16.5 Å². The molecule has 1 aromatic heterocycles. The molecule has 0 spiro atoms. The Morgan fingerprint density at radius 2 is 1.78 bits per heavy atom. The molecule has 1 heterocycles. The molecule has 3 aromatic rings. The molecule has 3 rings (SSSR count). The highest BCUT2D eigenvalue weighted by Gasteiger charge is 2.23. The van der Waals surface area contributed by atoms with E-state index >= 15 is 0 Å². The molecule has 0 saturated carbocycles. The second-order valence-corrected chi connectivity index (χ2v) is 8.92. The zero-order valence-corrected chi connectivity index (χ0v) is 20.0. The summed E-state index contributed by atoms with van der Waals surface area (Å²) in [5.41, 5.74) is 6.54. The number of rotatable bonds is 7. The van der Waals surface area contributed by atoms with Gasteiger partial charge in [-0.05, 0) is 55.0 Å². The van der Waals surface area contributed by atoms with Crippen molar-refractivity contribution in [1.82, 2.24) is 0 Å². The van der Waals surface area contributed by atoms with Crippen LogP contribution in [0.15, 0.2) is 53.9 Å². The van der Waals surface area contributed by atoms with Gasteiger partial charge in [0.25, 0.3) is 0 Å². The van der Waals surface area contributed by atoms with E-state index in [9.17, 15) is 9.59 Å². The molecule has 166 valence electrons. The van der Waals surface area contributed by atoms with Crippen molar-refractivity contribution < 1.29 is 14.3 Å². The number of benzene rings is 2. The number of ether oxygens (including phenoxy) is 1. The summed E-state index contributed by atoms with van der Waals surface area (Å²) in [6, 6.07) is 14.2. The van der Waals surface area contributed by atoms with Gasteiger partial charge in [-0.1, -0.05) is 61.9 Å². The predicted molar refractivity (Wildman–Crippen MR) is 133 cm³/mol. The van der Waals surface area contributed by atoms with Crippen molar-refractivity contribution in [3.05, 3.63) is 81.7 Å². The lowest BCUT2D eigenvalue weighted by Gasteiger charge is -2.10. The summed E-state index contributed by atoms with van der Waals surface area (Å²) in [6.45, 7) is 10.4. The van der Waals surface area contributed by atoms with Crippen molar-refractivity contribution in [1.29, 1.82) is 0 Å². The van der Waals surface area contributed by atoms with Crippen LogP contribution in [0.3, 0.4) is 0 Å². The van der Waals surface area contributed by atoms with Gasteiger partial charge in [-0.15, -0.1) is 11.3 Å². The molecular formula is C27H29NO3S. The summed E-state index contributed by atoms with van der Waals surface area (Å²) < 4.78 is 5.29. The molecule has 5 heteroatoms. The van der Waals surface area contributed by atoms with E-state index in [4.69, 9.17) is 4.74 Å². The molecule has 32 heavy (non-hydrogen) atoms. The number of aryl methyl sites for hydroxylation is 2. The van der Waals surface area contributed by atoms with E-state index < -0.39 is 5.97 Å². The van der Waals surface area contributed by atoms with Crippen molar-refractivity contribution in [2.24, 2.45) is 0 Å². The number of thiophene rings is 1. The van der Waals surface area contributed by atoms with Gasteiger partial charge in [0.2, 0.25) is 5.91 Å². The van der Waals surface area contributed by atoms with Crippen LogP contribution in [-0.2, 0) is 9.53 Å². The smallest absolute Gasteiger partial charge is 0.341 e. The van der Waals surface area contributed by atoms with Gasteiger partial charge in [0.15, 0.2) is 0 Å². The van der Waals surface area contributed by atoms with Crippen LogP contribution in [0.5, 0.6) is 0 Å². The third-order valence-corrected chi connectivity index (χ3v) is 6.11. The first-order chi connectivity index (χ1) is 15.3. The van der Waals surface area contributed by atoms with E-state index in [-0.39, 0.29) is 12.5 Å². The first kappa shape index (κ1) is 23.5. The SMILES string of the molecule is CCOC(=O)c1c(-c2ccc(C)cc2C)csc1NC(=O)/C=C/c1ccc(C(C)C)cc1. The van der Waals surface area contributed by atoms with Crippen LogP contribution in [0.4, 0.5) is 5.00 Å². The van der Waals surface area contributed by atoms with E-state index in [1.54, 1.807) is 13.0 Å². The average molecular weight is 448 g/mol. The maximum Gasteiger partial charge on any atom is 0.341 e. The molecule has 4 nitrogen and oxygen atoms in total. The summed E-state index contributed by atoms with van der Waals surface area (Å²) in [5, 5.41) is 5.25. The Kier molecular flexibility index (Phi) is 7.65. The minimum atomic E-state index is -0.438. The molecule has 0 aliphatic heterocycles. The average Bonchev–Trinajstić information content (AvgIpc) is 3.16. The van der Waals surface area contributed by atoms with Crippen LogP contribution in [0.1, 0.15) is 59.3 Å². The highest BCUT2D eigenvalue weighted by atomic mass is 32.1. The monoisotopic (exact) mass is 447 g/mol. The van der Waals surface area contributed by atoms with Gasteiger partial charge in [0.1, 0.15) is 10.6 Å². The first-order valence-electron chi connectivity index (χ1n) is 10.8. The summed E-state index contributed by atoms with van der Waals surface area (Å²) in [6.07, 6.45) is 3.25. The van der Waals surface area contributed by atoms with Crippen LogP contribution < -0.4 is 5.32 Å². The molecule has 0 radical (unpaired) electrons. The van der Waals surface area contributed by atoms with Crippen LogP contribution in [0, 0.1) is 13.8 Å². The summed E-state index contributed by atoms with van der Waals surface area (Å²) >= 11 is 1.33. The number of esters is 1. The molecule has 0 saturated heterocycles. The van der Waals surface area contributed by atoms with Gasteiger partial charge >= 0.3 is 5.97 Å². The second kappa shape index (κ2) is 10.4. The maximum atomic E-state index is 12.8. The van der Waals surface area contributed by atoms with Gasteiger partial charge < -0.3 is 10.1 Å². The highest BCUT2D eigenvalue weighted by molar-refractivity contribution is 7.15. The lowest BCUT2D eigenvalue weighted by Crippen LogP contribution is -2.12. The number of hydrogen-bond acceptors (Lipinski definition) is 4. The molecular weight excluding hydrogens is 418 g/mol. The molecule has 0 aliphatic carbocycles. The molecule has 1 amide bonds. The van der Waals surface area contributed by atoms with Crippen LogP contribution in [-0.4, -0.2) is 18.5 Å². The Labute approximate surface area is 193 Å². The van der Waals surface area contributed by atoms with Crippen LogP contribution >= 0.6 is 11.3 Å². The van der Waals surface area contributed by atoms with Crippen LogP contribution in [0.25, 0.3) is 17.2 Å². The fraction of sp³-hybridized carbons (Fsp3) is 0.259. The van der Waals surface area contributed by atoms with Crippen LogP contribution in [0.2, 0.25) is 0 Å². The Morgan fingerprint density at radius 1 is 1.06 bits per heavy atom. The zero-order chi connectivity index (χ0) is 23.3. The second-order valence-electron chi connectivity index (χ2n) is 8.04. The van der Waals surface area contributed by atoms with Gasteiger partial charge in [-0.3, -0.25) is 4.79 Å². The number of carbonyl (C=O) groups excluding carboxylic acids is 2. The highest BCUT2D eigenvalue weighted by Crippen LogP contribution is 2.38. The number of carbonyl (C=O) groups is 2. The van der Waals surface area contributed by atoms with E-state index in [1.165, 1.54) is 23.0 Å². The lowest BCUT2D eigenvalue weighted by molar-refractivity contribution is -0.111. The largest absolute Gasteiger partial charge is 0.462 e. The molecule has 1 N–H and O–H groups in total. The fourth-order valence-corrected chi connectivity index (χ4v) is 4.44. The lowest BCUT2D eigenvalue weighted by atomic mass is 9.97. The quantitative estimate of drug-likeness (QED) is 0.314. The molecule has 0 atom stereocenters. The van der Waals surface area contributed by atoms with Gasteiger partial charge in [0.05, 0.1) is 6.61 Å². The number of nitrogens with one attached hydrogen (secondary N) is 1. The Bertz CT molecular complexity index is 1140. The normalized spacial score (nSPS) is 11.2. The van der Waals surface area contributed by atoms with Crippen molar-refractivity contribution in [2.45, 2.75) is 40.5 Å². The van der Waals surface area contributed by atoms with Crippen molar-refractivity contribution in [2.75, 3.05) is 11.9 Å². The summed E-state index contributed by atoms with van der Waals surface area (Å²) in [4.78, 5) is 25.4. The predicted octanol–water partition coefficient (Wildman–Crippen LogP) is 6.98. The van der Waals surface area contributed by atoms with Crippen molar-refractivity contribution in [3.8, 4) is 11.1 Å². The third kappa shape index (κ3) is 5.54.